The summed E-state index contributed by atoms with van der Waals surface area (Å²) in [6, 6.07) is 14.8. The van der Waals surface area contributed by atoms with E-state index in [0.29, 0.717) is 33.8 Å². The van der Waals surface area contributed by atoms with Crippen LogP contribution in [-0.2, 0) is 7.05 Å². The number of oxazole rings is 1. The van der Waals surface area contributed by atoms with Crippen molar-refractivity contribution in [2.24, 2.45) is 7.05 Å². The molecule has 1 fully saturated rings. The summed E-state index contributed by atoms with van der Waals surface area (Å²) in [5.41, 5.74) is 5.48. The molecule has 3 aromatic heterocycles. The van der Waals surface area contributed by atoms with Crippen LogP contribution in [0.1, 0.15) is 24.8 Å². The number of hydrogen-bond acceptors (Lipinski definition) is 7. The molecule has 0 bridgehead atoms. The molecule has 0 aliphatic carbocycles. The number of likely N-dealkylation sites (tertiary alicyclic amines) is 1. The molecule has 4 heterocycles. The van der Waals surface area contributed by atoms with Gasteiger partial charge in [-0.25, -0.2) is 14.8 Å². The molecule has 6 rings (SSSR count). The van der Waals surface area contributed by atoms with E-state index in [1.807, 2.05) is 34.7 Å². The Bertz CT molecular complexity index is 1650. The number of imidazole rings is 1. The summed E-state index contributed by atoms with van der Waals surface area (Å²) in [5.74, 6) is 0.0121. The van der Waals surface area contributed by atoms with Crippen molar-refractivity contribution < 1.29 is 9.15 Å². The molecule has 0 N–H and O–H groups in total. The Kier molecular flexibility index (Phi) is 6.75. The highest BCUT2D eigenvalue weighted by Crippen LogP contribution is 2.36. The fraction of sp³-hybridized carbons (Fsp3) is 0.286. The van der Waals surface area contributed by atoms with Crippen molar-refractivity contribution in [3.63, 3.8) is 0 Å². The molecule has 0 atom stereocenters. The fourth-order valence-corrected chi connectivity index (χ4v) is 4.62. The third-order valence-corrected chi connectivity index (χ3v) is 6.66. The molecular formula is C28H28N6O3. The number of nitriles is 1. The Morgan fingerprint density at radius 1 is 1.00 bits per heavy atom. The highest BCUT2D eigenvalue weighted by atomic mass is 16.5. The van der Waals surface area contributed by atoms with E-state index >= 15 is 0 Å². The van der Waals surface area contributed by atoms with Crippen molar-refractivity contribution in [1.29, 1.82) is 5.26 Å². The van der Waals surface area contributed by atoms with E-state index in [1.165, 1.54) is 36.9 Å². The second-order valence-electron chi connectivity index (χ2n) is 9.13. The van der Waals surface area contributed by atoms with Gasteiger partial charge < -0.3 is 14.1 Å². The van der Waals surface area contributed by atoms with E-state index in [4.69, 9.17) is 19.4 Å². The second kappa shape index (κ2) is 10.3. The topological polar surface area (TPSA) is 102 Å². The minimum atomic E-state index is -0.421. The van der Waals surface area contributed by atoms with E-state index in [1.54, 1.807) is 38.8 Å². The van der Waals surface area contributed by atoms with Gasteiger partial charge in [-0.3, -0.25) is 8.97 Å². The molecule has 0 saturated carbocycles. The van der Waals surface area contributed by atoms with Crippen LogP contribution in [0.2, 0.25) is 0 Å². The number of nitrogens with zero attached hydrogens (tertiary/aromatic N) is 6. The third kappa shape index (κ3) is 4.71. The number of aromatic nitrogens is 4. The van der Waals surface area contributed by atoms with Crippen LogP contribution < -0.4 is 10.5 Å². The molecule has 37 heavy (non-hydrogen) atoms. The molecule has 5 aromatic rings. The maximum absolute atomic E-state index is 11.9. The first-order valence-corrected chi connectivity index (χ1v) is 12.2. The summed E-state index contributed by atoms with van der Waals surface area (Å²) in [7, 11) is 5.42. The van der Waals surface area contributed by atoms with Gasteiger partial charge in [0.25, 0.3) is 0 Å². The minimum Gasteiger partial charge on any atom is -0.479 e. The quantitative estimate of drug-likeness (QED) is 0.363. The molecule has 9 heteroatoms. The SMILES string of the molecule is CN1CCCCC1.COc1nc(-c2ccc(C#N)cc2)c(-c2ccc3c(c2)oc(=O)n3C)n2cncc12. The van der Waals surface area contributed by atoms with E-state index in [-0.39, 0.29) is 0 Å². The summed E-state index contributed by atoms with van der Waals surface area (Å²) >= 11 is 0. The highest BCUT2D eigenvalue weighted by molar-refractivity contribution is 5.87. The van der Waals surface area contributed by atoms with Crippen molar-refractivity contribution >= 4 is 16.6 Å². The maximum atomic E-state index is 11.9. The highest BCUT2D eigenvalue weighted by Gasteiger charge is 2.19. The Labute approximate surface area is 214 Å². The zero-order valence-corrected chi connectivity index (χ0v) is 21.1. The van der Waals surface area contributed by atoms with Crippen LogP contribution in [0.5, 0.6) is 5.88 Å². The monoisotopic (exact) mass is 496 g/mol. The summed E-state index contributed by atoms with van der Waals surface area (Å²) in [4.78, 5) is 23.3. The number of fused-ring (bicyclic) bond motifs is 2. The summed E-state index contributed by atoms with van der Waals surface area (Å²) < 4.78 is 14.2. The van der Waals surface area contributed by atoms with Gasteiger partial charge in [0.15, 0.2) is 5.58 Å². The van der Waals surface area contributed by atoms with E-state index in [0.717, 1.165) is 16.8 Å². The van der Waals surface area contributed by atoms with E-state index in [2.05, 4.69) is 23.0 Å². The van der Waals surface area contributed by atoms with Crippen molar-refractivity contribution in [3.8, 4) is 34.5 Å². The lowest BCUT2D eigenvalue weighted by Crippen LogP contribution is -2.24. The first kappa shape index (κ1) is 24.3. The Balaban J connectivity index is 0.000000348. The number of ether oxygens (including phenoxy) is 1. The molecule has 0 amide bonds. The predicted molar refractivity (Wildman–Crippen MR) is 141 cm³/mol. The van der Waals surface area contributed by atoms with Gasteiger partial charge in [0.2, 0.25) is 5.88 Å². The average molecular weight is 497 g/mol. The zero-order valence-electron chi connectivity index (χ0n) is 21.1. The van der Waals surface area contributed by atoms with Crippen molar-refractivity contribution in [2.45, 2.75) is 19.3 Å². The van der Waals surface area contributed by atoms with Crippen LogP contribution in [0, 0.1) is 11.3 Å². The Morgan fingerprint density at radius 2 is 1.73 bits per heavy atom. The molecule has 2 aromatic carbocycles. The van der Waals surface area contributed by atoms with Gasteiger partial charge in [-0.05, 0) is 57.2 Å². The lowest BCUT2D eigenvalue weighted by Gasteiger charge is -2.20. The molecule has 1 aliphatic rings. The van der Waals surface area contributed by atoms with Gasteiger partial charge in [-0.2, -0.15) is 5.26 Å². The Morgan fingerprint density at radius 3 is 2.38 bits per heavy atom. The summed E-state index contributed by atoms with van der Waals surface area (Å²) in [6.45, 7) is 2.64. The molecule has 9 nitrogen and oxygen atoms in total. The van der Waals surface area contributed by atoms with Crippen molar-refractivity contribution in [2.75, 3.05) is 27.2 Å². The van der Waals surface area contributed by atoms with Crippen molar-refractivity contribution in [3.05, 3.63) is 71.1 Å². The standard InChI is InChI=1S/C22H15N5O3.C6H13N/c1-26-16-8-7-15(9-18(16)30-22(26)28)20-19(14-5-3-13(10-23)4-6-14)25-21(29-2)17-11-24-12-27(17)20;1-7-5-3-2-4-6-7/h3-9,11-12H,1-2H3;2-6H2,1H3. The van der Waals surface area contributed by atoms with E-state index < -0.39 is 5.76 Å². The smallest absolute Gasteiger partial charge is 0.419 e. The molecule has 1 saturated heterocycles. The second-order valence-corrected chi connectivity index (χ2v) is 9.13. The van der Waals surface area contributed by atoms with Gasteiger partial charge in [0.1, 0.15) is 5.52 Å². The fourth-order valence-electron chi connectivity index (χ4n) is 4.62. The predicted octanol–water partition coefficient (Wildman–Crippen LogP) is 4.49. The number of piperidine rings is 1. The number of methoxy groups -OCH3 is 1. The van der Waals surface area contributed by atoms with Crippen molar-refractivity contribution in [1.82, 2.24) is 23.8 Å². The molecule has 1 aliphatic heterocycles. The van der Waals surface area contributed by atoms with Gasteiger partial charge in [0, 0.05) is 18.2 Å². The first-order valence-electron chi connectivity index (χ1n) is 12.2. The van der Waals surface area contributed by atoms with Crippen LogP contribution >= 0.6 is 0 Å². The van der Waals surface area contributed by atoms with Crippen LogP contribution in [0.25, 0.3) is 39.1 Å². The number of benzene rings is 2. The molecule has 0 unspecified atom stereocenters. The molecular weight excluding hydrogens is 468 g/mol. The largest absolute Gasteiger partial charge is 0.479 e. The normalized spacial score (nSPS) is 13.8. The number of rotatable bonds is 3. The van der Waals surface area contributed by atoms with Gasteiger partial charge in [-0.15, -0.1) is 0 Å². The van der Waals surface area contributed by atoms with Gasteiger partial charge in [-0.1, -0.05) is 24.6 Å². The first-order chi connectivity index (χ1) is 18.0. The minimum absolute atomic E-state index is 0.421. The molecule has 0 spiro atoms. The van der Waals surface area contributed by atoms with Crippen LogP contribution in [0.3, 0.4) is 0 Å². The van der Waals surface area contributed by atoms with Crippen LogP contribution in [0.15, 0.2) is 64.2 Å². The number of hydrogen-bond donors (Lipinski definition) is 0. The average Bonchev–Trinajstić information content (AvgIpc) is 3.53. The lowest BCUT2D eigenvalue weighted by molar-refractivity contribution is 0.277. The Hall–Kier alpha value is -4.42. The zero-order chi connectivity index (χ0) is 25.9. The molecule has 0 radical (unpaired) electrons. The van der Waals surface area contributed by atoms with Crippen LogP contribution in [-0.4, -0.2) is 51.1 Å². The summed E-state index contributed by atoms with van der Waals surface area (Å²) in [6.07, 6.45) is 7.64. The van der Waals surface area contributed by atoms with E-state index in [9.17, 15) is 4.79 Å². The van der Waals surface area contributed by atoms with Crippen LogP contribution in [0.4, 0.5) is 0 Å². The lowest BCUT2D eigenvalue weighted by atomic mass is 10.0. The summed E-state index contributed by atoms with van der Waals surface area (Å²) in [5, 5.41) is 9.12. The maximum Gasteiger partial charge on any atom is 0.419 e. The van der Waals surface area contributed by atoms with Gasteiger partial charge in [0.05, 0.1) is 48.2 Å². The third-order valence-electron chi connectivity index (χ3n) is 6.66. The van der Waals surface area contributed by atoms with Gasteiger partial charge >= 0.3 is 5.76 Å². The molecule has 188 valence electrons. The number of aryl methyl sites for hydroxylation is 1.